The number of anilines is 1. The maximum Gasteiger partial charge on any atom is 0.409 e. The van der Waals surface area contributed by atoms with Crippen molar-refractivity contribution in [2.45, 2.75) is 26.3 Å². The molecule has 0 aromatic heterocycles. The number of rotatable bonds is 4. The molecule has 1 aliphatic rings. The molecule has 0 radical (unpaired) electrons. The van der Waals surface area contributed by atoms with Crippen LogP contribution in [0.25, 0.3) is 0 Å². The van der Waals surface area contributed by atoms with Crippen LogP contribution < -0.4 is 10.6 Å². The van der Waals surface area contributed by atoms with Gasteiger partial charge < -0.3 is 20.3 Å². The van der Waals surface area contributed by atoms with Crippen LogP contribution in [0.15, 0.2) is 24.3 Å². The van der Waals surface area contributed by atoms with Gasteiger partial charge in [0.05, 0.1) is 6.61 Å². The first-order valence-corrected chi connectivity index (χ1v) is 7.67. The van der Waals surface area contributed by atoms with Crippen LogP contribution in [-0.4, -0.2) is 43.8 Å². The number of nitrogens with zero attached hydrogens (tertiary/aromatic N) is 2. The summed E-state index contributed by atoms with van der Waals surface area (Å²) in [7, 11) is 0. The Morgan fingerprint density at radius 1 is 1.19 bits per heavy atom. The SMILES string of the molecule is CCOC(=O)N1CCN(c2ccc([C@@H](N)CC)cc2)CC1. The molecular formula is C16H25N3O2. The van der Waals surface area contributed by atoms with Crippen LogP contribution in [0.5, 0.6) is 0 Å². The Kier molecular flexibility index (Phi) is 5.44. The van der Waals surface area contributed by atoms with Crippen LogP contribution >= 0.6 is 0 Å². The first kappa shape index (κ1) is 15.6. The van der Waals surface area contributed by atoms with Crippen LogP contribution in [0, 0.1) is 0 Å². The summed E-state index contributed by atoms with van der Waals surface area (Å²) >= 11 is 0. The van der Waals surface area contributed by atoms with Gasteiger partial charge in [0.25, 0.3) is 0 Å². The zero-order valence-corrected chi connectivity index (χ0v) is 12.9. The molecule has 1 amide bonds. The summed E-state index contributed by atoms with van der Waals surface area (Å²) in [4.78, 5) is 15.7. The van der Waals surface area contributed by atoms with Gasteiger partial charge in [0, 0.05) is 37.9 Å². The summed E-state index contributed by atoms with van der Waals surface area (Å²) in [6.45, 7) is 7.42. The lowest BCUT2D eigenvalue weighted by atomic mass is 10.0. The molecular weight excluding hydrogens is 266 g/mol. The predicted octanol–water partition coefficient (Wildman–Crippen LogP) is 2.37. The van der Waals surface area contributed by atoms with Crippen molar-refractivity contribution in [2.75, 3.05) is 37.7 Å². The second kappa shape index (κ2) is 7.31. The van der Waals surface area contributed by atoms with Crippen LogP contribution in [-0.2, 0) is 4.74 Å². The van der Waals surface area contributed by atoms with Crippen LogP contribution in [0.1, 0.15) is 31.9 Å². The standard InChI is InChI=1S/C16H25N3O2/c1-3-15(17)13-5-7-14(8-6-13)18-9-11-19(12-10-18)16(20)21-4-2/h5-8,15H,3-4,9-12,17H2,1-2H3/t15-/m0/s1. The lowest BCUT2D eigenvalue weighted by Gasteiger charge is -2.35. The van der Waals surface area contributed by atoms with Gasteiger partial charge >= 0.3 is 6.09 Å². The maximum absolute atomic E-state index is 11.7. The van der Waals surface area contributed by atoms with E-state index < -0.39 is 0 Å². The fraction of sp³-hybridized carbons (Fsp3) is 0.562. The van der Waals surface area contributed by atoms with Gasteiger partial charge in [-0.3, -0.25) is 0 Å². The van der Waals surface area contributed by atoms with E-state index in [2.05, 4.69) is 36.1 Å². The monoisotopic (exact) mass is 291 g/mol. The van der Waals surface area contributed by atoms with E-state index in [1.54, 1.807) is 4.90 Å². The van der Waals surface area contributed by atoms with Crippen molar-refractivity contribution in [3.63, 3.8) is 0 Å². The third-order valence-electron chi connectivity index (χ3n) is 3.93. The molecule has 21 heavy (non-hydrogen) atoms. The summed E-state index contributed by atoms with van der Waals surface area (Å²) in [6.07, 6.45) is 0.735. The van der Waals surface area contributed by atoms with E-state index in [1.165, 1.54) is 11.3 Å². The lowest BCUT2D eigenvalue weighted by Crippen LogP contribution is -2.49. The third-order valence-corrected chi connectivity index (χ3v) is 3.93. The molecule has 1 aromatic carbocycles. The molecule has 116 valence electrons. The van der Waals surface area contributed by atoms with Gasteiger partial charge in [0.2, 0.25) is 0 Å². The number of benzene rings is 1. The van der Waals surface area contributed by atoms with E-state index in [4.69, 9.17) is 10.5 Å². The van der Waals surface area contributed by atoms with E-state index in [0.29, 0.717) is 19.7 Å². The Morgan fingerprint density at radius 2 is 1.81 bits per heavy atom. The molecule has 1 aliphatic heterocycles. The van der Waals surface area contributed by atoms with Gasteiger partial charge in [-0.2, -0.15) is 0 Å². The number of hydrogen-bond acceptors (Lipinski definition) is 4. The molecule has 1 saturated heterocycles. The molecule has 5 nitrogen and oxygen atoms in total. The van der Waals surface area contributed by atoms with Gasteiger partial charge in [-0.25, -0.2) is 4.79 Å². The van der Waals surface area contributed by atoms with Crippen LogP contribution in [0.2, 0.25) is 0 Å². The van der Waals surface area contributed by atoms with Gasteiger partial charge in [0.1, 0.15) is 0 Å². The number of carbonyl (C=O) groups excluding carboxylic acids is 1. The molecule has 1 atom stereocenters. The first-order valence-electron chi connectivity index (χ1n) is 7.67. The Labute approximate surface area is 126 Å². The largest absolute Gasteiger partial charge is 0.450 e. The minimum absolute atomic E-state index is 0.111. The number of nitrogens with two attached hydrogens (primary N) is 1. The predicted molar refractivity (Wildman–Crippen MR) is 84.5 cm³/mol. The number of piperazine rings is 1. The maximum atomic E-state index is 11.7. The molecule has 0 bridgehead atoms. The zero-order chi connectivity index (χ0) is 15.2. The smallest absolute Gasteiger partial charge is 0.409 e. The molecule has 5 heteroatoms. The summed E-state index contributed by atoms with van der Waals surface area (Å²) in [5.41, 5.74) is 8.39. The molecule has 1 fully saturated rings. The quantitative estimate of drug-likeness (QED) is 0.925. The third kappa shape index (κ3) is 3.88. The topological polar surface area (TPSA) is 58.8 Å². The normalized spacial score (nSPS) is 16.7. The van der Waals surface area contributed by atoms with Crippen LogP contribution in [0.3, 0.4) is 0 Å². The Morgan fingerprint density at radius 3 is 2.33 bits per heavy atom. The highest BCUT2D eigenvalue weighted by molar-refractivity contribution is 5.68. The molecule has 1 aromatic rings. The Bertz CT molecular complexity index is 453. The molecule has 2 N–H and O–H groups in total. The second-order valence-corrected chi connectivity index (χ2v) is 5.28. The van der Waals surface area contributed by atoms with Crippen molar-refractivity contribution >= 4 is 11.8 Å². The minimum atomic E-state index is -0.207. The fourth-order valence-corrected chi connectivity index (χ4v) is 2.53. The van der Waals surface area contributed by atoms with Gasteiger partial charge in [-0.1, -0.05) is 19.1 Å². The van der Waals surface area contributed by atoms with E-state index >= 15 is 0 Å². The highest BCUT2D eigenvalue weighted by Crippen LogP contribution is 2.21. The van der Waals surface area contributed by atoms with Crippen molar-refractivity contribution in [1.82, 2.24) is 4.90 Å². The average molecular weight is 291 g/mol. The minimum Gasteiger partial charge on any atom is -0.450 e. The average Bonchev–Trinajstić information content (AvgIpc) is 2.54. The number of amides is 1. The first-order chi connectivity index (χ1) is 10.2. The summed E-state index contributed by atoms with van der Waals surface area (Å²) in [5.74, 6) is 0. The Hall–Kier alpha value is -1.75. The zero-order valence-electron chi connectivity index (χ0n) is 12.9. The highest BCUT2D eigenvalue weighted by atomic mass is 16.6. The number of hydrogen-bond donors (Lipinski definition) is 1. The number of carbonyl (C=O) groups is 1. The summed E-state index contributed by atoms with van der Waals surface area (Å²) < 4.78 is 5.03. The lowest BCUT2D eigenvalue weighted by molar-refractivity contribution is 0.105. The summed E-state index contributed by atoms with van der Waals surface area (Å²) in [5, 5.41) is 0. The van der Waals surface area contributed by atoms with Gasteiger partial charge in [-0.05, 0) is 31.0 Å². The van der Waals surface area contributed by atoms with Crippen molar-refractivity contribution < 1.29 is 9.53 Å². The molecule has 0 unspecified atom stereocenters. The van der Waals surface area contributed by atoms with Gasteiger partial charge in [0.15, 0.2) is 0 Å². The fourth-order valence-electron chi connectivity index (χ4n) is 2.53. The highest BCUT2D eigenvalue weighted by Gasteiger charge is 2.22. The van der Waals surface area contributed by atoms with E-state index in [9.17, 15) is 4.79 Å². The van der Waals surface area contributed by atoms with E-state index in [0.717, 1.165) is 19.5 Å². The summed E-state index contributed by atoms with van der Waals surface area (Å²) in [6, 6.07) is 8.54. The Balaban J connectivity index is 1.91. The van der Waals surface area contributed by atoms with E-state index in [-0.39, 0.29) is 12.1 Å². The van der Waals surface area contributed by atoms with E-state index in [1.807, 2.05) is 6.92 Å². The molecule has 1 heterocycles. The van der Waals surface area contributed by atoms with Crippen molar-refractivity contribution in [3.05, 3.63) is 29.8 Å². The molecule has 0 aliphatic carbocycles. The van der Waals surface area contributed by atoms with Crippen molar-refractivity contribution in [3.8, 4) is 0 Å². The number of ether oxygens (including phenoxy) is 1. The molecule has 0 saturated carbocycles. The van der Waals surface area contributed by atoms with Crippen molar-refractivity contribution in [2.24, 2.45) is 5.73 Å². The van der Waals surface area contributed by atoms with Crippen LogP contribution in [0.4, 0.5) is 10.5 Å². The second-order valence-electron chi connectivity index (χ2n) is 5.28. The van der Waals surface area contributed by atoms with Gasteiger partial charge in [-0.15, -0.1) is 0 Å². The molecule has 2 rings (SSSR count). The molecule has 0 spiro atoms. The van der Waals surface area contributed by atoms with Crippen molar-refractivity contribution in [1.29, 1.82) is 0 Å².